The zero-order valence-electron chi connectivity index (χ0n) is 13.8. The number of fused-ring (bicyclic) bond motifs is 1. The van der Waals surface area contributed by atoms with E-state index in [0.717, 1.165) is 10.4 Å². The molecule has 3 heterocycles. The number of carbonyl (C=O) groups is 1. The van der Waals surface area contributed by atoms with E-state index < -0.39 is 11.5 Å². The fraction of sp³-hybridized carbons (Fsp3) is 0.294. The molecular formula is C17H17N3O3S. The van der Waals surface area contributed by atoms with Gasteiger partial charge >= 0.3 is 5.97 Å². The first-order valence-electron chi connectivity index (χ1n) is 7.42. The Hall–Kier alpha value is -2.54. The number of hydrogen-bond acceptors (Lipinski definition) is 5. The molecule has 0 saturated carbocycles. The van der Waals surface area contributed by atoms with Gasteiger partial charge in [-0.1, -0.05) is 0 Å². The minimum Gasteiger partial charge on any atom is -0.480 e. The first-order chi connectivity index (χ1) is 11.2. The molecule has 7 heteroatoms. The van der Waals surface area contributed by atoms with E-state index in [0.29, 0.717) is 21.6 Å². The van der Waals surface area contributed by atoms with Crippen molar-refractivity contribution in [1.29, 1.82) is 0 Å². The molecule has 0 saturated heterocycles. The van der Waals surface area contributed by atoms with Crippen LogP contribution in [0.3, 0.4) is 0 Å². The monoisotopic (exact) mass is 343 g/mol. The van der Waals surface area contributed by atoms with E-state index in [1.54, 1.807) is 24.5 Å². The Balaban J connectivity index is 2.51. The molecule has 0 amide bonds. The maximum Gasteiger partial charge on any atom is 0.329 e. The number of rotatable bonds is 3. The summed E-state index contributed by atoms with van der Waals surface area (Å²) < 4.78 is 1.26. The zero-order chi connectivity index (χ0) is 17.6. The Kier molecular flexibility index (Phi) is 3.76. The number of thiophene rings is 1. The van der Waals surface area contributed by atoms with Crippen LogP contribution in [0, 0.1) is 13.8 Å². The highest BCUT2D eigenvalue weighted by Crippen LogP contribution is 2.30. The molecule has 0 aromatic carbocycles. The maximum atomic E-state index is 13.2. The fourth-order valence-electron chi connectivity index (χ4n) is 2.60. The number of carboxylic acid groups (broad SMARTS) is 1. The number of carboxylic acids is 1. The van der Waals surface area contributed by atoms with Gasteiger partial charge in [-0.15, -0.1) is 11.3 Å². The van der Waals surface area contributed by atoms with E-state index in [1.165, 1.54) is 29.8 Å². The second kappa shape index (κ2) is 5.52. The second-order valence-electron chi connectivity index (χ2n) is 6.15. The van der Waals surface area contributed by atoms with Gasteiger partial charge in [-0.05, 0) is 45.4 Å². The van der Waals surface area contributed by atoms with Gasteiger partial charge in [0.1, 0.15) is 16.2 Å². The summed E-state index contributed by atoms with van der Waals surface area (Å²) in [5.41, 5.74) is -0.325. The molecular weight excluding hydrogens is 326 g/mol. The van der Waals surface area contributed by atoms with Gasteiger partial charge in [0.05, 0.1) is 5.39 Å². The van der Waals surface area contributed by atoms with Crippen LogP contribution in [-0.4, -0.2) is 25.6 Å². The van der Waals surface area contributed by atoms with Crippen molar-refractivity contribution < 1.29 is 9.90 Å². The largest absolute Gasteiger partial charge is 0.480 e. The third-order valence-electron chi connectivity index (χ3n) is 4.21. The Bertz CT molecular complexity index is 1000. The van der Waals surface area contributed by atoms with Crippen LogP contribution in [0.4, 0.5) is 0 Å². The maximum absolute atomic E-state index is 13.2. The van der Waals surface area contributed by atoms with Crippen molar-refractivity contribution in [3.63, 3.8) is 0 Å². The van der Waals surface area contributed by atoms with Crippen LogP contribution in [0.25, 0.3) is 21.6 Å². The summed E-state index contributed by atoms with van der Waals surface area (Å²) in [5.74, 6) is -0.783. The lowest BCUT2D eigenvalue weighted by Gasteiger charge is -2.25. The molecule has 0 aliphatic rings. The molecule has 0 aliphatic carbocycles. The minimum atomic E-state index is -1.44. The molecule has 0 atom stereocenters. The van der Waals surface area contributed by atoms with E-state index in [4.69, 9.17) is 0 Å². The summed E-state index contributed by atoms with van der Waals surface area (Å²) in [5, 5.41) is 10.1. The molecule has 0 unspecified atom stereocenters. The molecule has 0 fully saturated rings. The molecule has 0 spiro atoms. The van der Waals surface area contributed by atoms with Crippen molar-refractivity contribution >= 4 is 27.5 Å². The molecule has 3 aromatic rings. The highest BCUT2D eigenvalue weighted by molar-refractivity contribution is 7.18. The Morgan fingerprint density at radius 1 is 1.33 bits per heavy atom. The van der Waals surface area contributed by atoms with Gasteiger partial charge in [-0.2, -0.15) is 0 Å². The number of aromatic nitrogens is 3. The Morgan fingerprint density at radius 3 is 2.62 bits per heavy atom. The summed E-state index contributed by atoms with van der Waals surface area (Å²) >= 11 is 1.44. The topological polar surface area (TPSA) is 85.1 Å². The lowest BCUT2D eigenvalue weighted by molar-refractivity contribution is -0.145. The molecule has 0 bridgehead atoms. The van der Waals surface area contributed by atoms with E-state index in [-0.39, 0.29) is 5.56 Å². The van der Waals surface area contributed by atoms with Gasteiger partial charge in [0.25, 0.3) is 5.56 Å². The third kappa shape index (κ3) is 2.32. The molecule has 0 aliphatic heterocycles. The summed E-state index contributed by atoms with van der Waals surface area (Å²) in [4.78, 5) is 35.2. The minimum absolute atomic E-state index is 0.314. The summed E-state index contributed by atoms with van der Waals surface area (Å²) in [6, 6.07) is 3.50. The standard InChI is InChI=1S/C17H17N3O3S/c1-9-10(2)24-14-12(9)15(21)20(17(3,4)16(22)23)13(19-14)11-6-5-7-18-8-11/h5-8H,1-4H3,(H,22,23). The number of nitrogens with zero attached hydrogens (tertiary/aromatic N) is 3. The van der Waals surface area contributed by atoms with Crippen LogP contribution in [-0.2, 0) is 10.3 Å². The van der Waals surface area contributed by atoms with Crippen molar-refractivity contribution in [2.24, 2.45) is 0 Å². The third-order valence-corrected chi connectivity index (χ3v) is 5.31. The molecule has 6 nitrogen and oxygen atoms in total. The van der Waals surface area contributed by atoms with Gasteiger partial charge in [-0.3, -0.25) is 14.3 Å². The quantitative estimate of drug-likeness (QED) is 0.790. The summed E-state index contributed by atoms with van der Waals surface area (Å²) in [6.07, 6.45) is 3.20. The van der Waals surface area contributed by atoms with Crippen LogP contribution in [0.1, 0.15) is 24.3 Å². The molecule has 24 heavy (non-hydrogen) atoms. The number of hydrogen-bond donors (Lipinski definition) is 1. The average Bonchev–Trinajstić information content (AvgIpc) is 2.82. The van der Waals surface area contributed by atoms with E-state index >= 15 is 0 Å². The van der Waals surface area contributed by atoms with Gasteiger partial charge in [0.2, 0.25) is 0 Å². The summed E-state index contributed by atoms with van der Waals surface area (Å²) in [6.45, 7) is 6.79. The van der Waals surface area contributed by atoms with E-state index in [1.807, 2.05) is 13.8 Å². The first-order valence-corrected chi connectivity index (χ1v) is 8.24. The highest BCUT2D eigenvalue weighted by atomic mass is 32.1. The predicted octanol–water partition coefficient (Wildman–Crippen LogP) is 2.96. The first kappa shape index (κ1) is 16.3. The van der Waals surface area contributed by atoms with Crippen LogP contribution in [0.2, 0.25) is 0 Å². The normalized spacial score (nSPS) is 11.8. The van der Waals surface area contributed by atoms with Gasteiger partial charge in [0, 0.05) is 22.8 Å². The molecule has 3 aromatic heterocycles. The smallest absolute Gasteiger partial charge is 0.329 e. The van der Waals surface area contributed by atoms with E-state index in [9.17, 15) is 14.7 Å². The fourth-order valence-corrected chi connectivity index (χ4v) is 3.62. The lowest BCUT2D eigenvalue weighted by atomic mass is 10.0. The predicted molar refractivity (Wildman–Crippen MR) is 93.5 cm³/mol. The van der Waals surface area contributed by atoms with Crippen molar-refractivity contribution in [3.8, 4) is 11.4 Å². The molecule has 1 N–H and O–H groups in total. The molecule has 0 radical (unpaired) electrons. The number of aryl methyl sites for hydroxylation is 2. The van der Waals surface area contributed by atoms with Crippen LogP contribution < -0.4 is 5.56 Å². The number of aliphatic carboxylic acids is 1. The van der Waals surface area contributed by atoms with Gasteiger partial charge < -0.3 is 5.11 Å². The van der Waals surface area contributed by atoms with Gasteiger partial charge in [0.15, 0.2) is 0 Å². The zero-order valence-corrected chi connectivity index (χ0v) is 14.6. The van der Waals surface area contributed by atoms with Crippen molar-refractivity contribution in [3.05, 3.63) is 45.3 Å². The Morgan fingerprint density at radius 2 is 2.04 bits per heavy atom. The Labute approximate surface area is 142 Å². The number of pyridine rings is 1. The highest BCUT2D eigenvalue weighted by Gasteiger charge is 2.34. The van der Waals surface area contributed by atoms with E-state index in [2.05, 4.69) is 9.97 Å². The van der Waals surface area contributed by atoms with Crippen molar-refractivity contribution in [1.82, 2.24) is 14.5 Å². The van der Waals surface area contributed by atoms with Crippen LogP contribution >= 0.6 is 11.3 Å². The van der Waals surface area contributed by atoms with Crippen LogP contribution in [0.15, 0.2) is 29.3 Å². The average molecular weight is 343 g/mol. The van der Waals surface area contributed by atoms with Crippen molar-refractivity contribution in [2.75, 3.05) is 0 Å². The molecule has 124 valence electrons. The SMILES string of the molecule is Cc1sc2nc(-c3cccnc3)n(C(C)(C)C(=O)O)c(=O)c2c1C. The summed E-state index contributed by atoms with van der Waals surface area (Å²) in [7, 11) is 0. The second-order valence-corrected chi connectivity index (χ2v) is 7.35. The lowest BCUT2D eigenvalue weighted by Crippen LogP contribution is -2.44. The van der Waals surface area contributed by atoms with Gasteiger partial charge in [-0.25, -0.2) is 9.78 Å². The van der Waals surface area contributed by atoms with Crippen LogP contribution in [0.5, 0.6) is 0 Å². The molecule has 3 rings (SSSR count). The van der Waals surface area contributed by atoms with Crippen molar-refractivity contribution in [2.45, 2.75) is 33.2 Å².